The third-order valence-electron chi connectivity index (χ3n) is 4.11. The van der Waals surface area contributed by atoms with Gasteiger partial charge in [0.1, 0.15) is 17.1 Å². The monoisotopic (exact) mass is 294 g/mol. The number of amides is 2. The van der Waals surface area contributed by atoms with Crippen molar-refractivity contribution in [3.05, 3.63) is 23.7 Å². The number of hydrogen-bond donors (Lipinski definition) is 3. The predicted octanol–water partition coefficient (Wildman–Crippen LogP) is 2.42. The van der Waals surface area contributed by atoms with Gasteiger partial charge in [0.25, 0.3) is 0 Å². The molecule has 0 aromatic carbocycles. The first-order chi connectivity index (χ1) is 9.91. The summed E-state index contributed by atoms with van der Waals surface area (Å²) >= 11 is 0. The van der Waals surface area contributed by atoms with Gasteiger partial charge in [-0.1, -0.05) is 6.92 Å². The number of carboxylic acids is 1. The van der Waals surface area contributed by atoms with Crippen molar-refractivity contribution in [3.8, 4) is 0 Å². The molecule has 21 heavy (non-hydrogen) atoms. The first-order valence-corrected chi connectivity index (χ1v) is 7.26. The van der Waals surface area contributed by atoms with Gasteiger partial charge in [-0.25, -0.2) is 9.59 Å². The second-order valence-electron chi connectivity index (χ2n) is 5.89. The van der Waals surface area contributed by atoms with Crippen LogP contribution in [0.3, 0.4) is 0 Å². The average Bonchev–Trinajstić information content (AvgIpc) is 2.85. The van der Waals surface area contributed by atoms with Crippen molar-refractivity contribution in [2.75, 3.05) is 0 Å². The second kappa shape index (κ2) is 6.20. The Morgan fingerprint density at radius 3 is 2.57 bits per heavy atom. The van der Waals surface area contributed by atoms with Gasteiger partial charge in [0, 0.05) is 0 Å². The van der Waals surface area contributed by atoms with Crippen molar-refractivity contribution >= 4 is 12.0 Å². The van der Waals surface area contributed by atoms with Crippen LogP contribution < -0.4 is 10.6 Å². The van der Waals surface area contributed by atoms with Crippen molar-refractivity contribution in [1.82, 2.24) is 10.6 Å². The van der Waals surface area contributed by atoms with Gasteiger partial charge >= 0.3 is 12.0 Å². The van der Waals surface area contributed by atoms with E-state index in [1.54, 1.807) is 6.07 Å². The highest BCUT2D eigenvalue weighted by atomic mass is 16.4. The van der Waals surface area contributed by atoms with Crippen molar-refractivity contribution in [1.29, 1.82) is 0 Å². The van der Waals surface area contributed by atoms with Crippen molar-refractivity contribution in [3.63, 3.8) is 0 Å². The van der Waals surface area contributed by atoms with Crippen molar-refractivity contribution in [2.24, 2.45) is 5.92 Å². The minimum atomic E-state index is -1.14. The lowest BCUT2D eigenvalue weighted by molar-refractivity contribution is -0.146. The summed E-state index contributed by atoms with van der Waals surface area (Å²) in [6.45, 7) is 4.17. The molecule has 1 fully saturated rings. The second-order valence-corrected chi connectivity index (χ2v) is 5.89. The Balaban J connectivity index is 1.91. The summed E-state index contributed by atoms with van der Waals surface area (Å²) in [4.78, 5) is 23.5. The van der Waals surface area contributed by atoms with Crippen molar-refractivity contribution in [2.45, 2.75) is 51.6 Å². The SMILES string of the molecule is Cc1ccc(CNC(=O)NC2(C(=O)O)CCC(C)CC2)o1. The molecule has 0 aliphatic heterocycles. The van der Waals surface area contributed by atoms with Gasteiger partial charge in [-0.2, -0.15) is 0 Å². The maximum atomic E-state index is 12.0. The maximum Gasteiger partial charge on any atom is 0.329 e. The zero-order valence-electron chi connectivity index (χ0n) is 12.4. The first-order valence-electron chi connectivity index (χ1n) is 7.26. The van der Waals surface area contributed by atoms with Crippen LogP contribution in [0.25, 0.3) is 0 Å². The van der Waals surface area contributed by atoms with E-state index in [4.69, 9.17) is 4.42 Å². The van der Waals surface area contributed by atoms with E-state index in [9.17, 15) is 14.7 Å². The van der Waals surface area contributed by atoms with Gasteiger partial charge in [-0.05, 0) is 50.7 Å². The number of furan rings is 1. The number of aliphatic carboxylic acids is 1. The van der Waals surface area contributed by atoms with Crippen LogP contribution in [0, 0.1) is 12.8 Å². The van der Waals surface area contributed by atoms with Gasteiger partial charge in [-0.3, -0.25) is 0 Å². The van der Waals surface area contributed by atoms with Crippen LogP contribution in [-0.2, 0) is 11.3 Å². The smallest absolute Gasteiger partial charge is 0.329 e. The van der Waals surface area contributed by atoms with Crippen LogP contribution in [0.15, 0.2) is 16.5 Å². The van der Waals surface area contributed by atoms with E-state index in [1.807, 2.05) is 13.0 Å². The van der Waals surface area contributed by atoms with E-state index in [0.717, 1.165) is 18.6 Å². The Labute approximate surface area is 123 Å². The highest BCUT2D eigenvalue weighted by Gasteiger charge is 2.42. The predicted molar refractivity (Wildman–Crippen MR) is 76.8 cm³/mol. The lowest BCUT2D eigenvalue weighted by Gasteiger charge is -2.36. The molecule has 1 heterocycles. The molecule has 3 N–H and O–H groups in total. The molecule has 6 heteroatoms. The topological polar surface area (TPSA) is 91.6 Å². The standard InChI is InChI=1S/C15H22N2O4/c1-10-5-7-15(8-6-10,13(18)19)17-14(20)16-9-12-4-3-11(2)21-12/h3-4,10H,5-9H2,1-2H3,(H,18,19)(H2,16,17,20). The van der Waals surface area contributed by atoms with E-state index >= 15 is 0 Å². The normalized spacial score (nSPS) is 25.3. The number of carbonyl (C=O) groups excluding carboxylic acids is 1. The Bertz CT molecular complexity index is 515. The first kappa shape index (κ1) is 15.4. The number of carboxylic acid groups (broad SMARTS) is 1. The molecule has 116 valence electrons. The van der Waals surface area contributed by atoms with Crippen LogP contribution >= 0.6 is 0 Å². The van der Waals surface area contributed by atoms with Crippen LogP contribution in [0.4, 0.5) is 4.79 Å². The Kier molecular flexibility index (Phi) is 4.55. The van der Waals surface area contributed by atoms with Gasteiger partial charge in [0.15, 0.2) is 0 Å². The summed E-state index contributed by atoms with van der Waals surface area (Å²) in [5.74, 6) is 0.964. The fraction of sp³-hybridized carbons (Fsp3) is 0.600. The van der Waals surface area contributed by atoms with E-state index in [0.29, 0.717) is 24.5 Å². The molecule has 1 aliphatic rings. The summed E-state index contributed by atoms with van der Waals surface area (Å²) in [6.07, 6.45) is 2.56. The fourth-order valence-corrected chi connectivity index (χ4v) is 2.66. The lowest BCUT2D eigenvalue weighted by atomic mass is 9.77. The van der Waals surface area contributed by atoms with Gasteiger partial charge in [-0.15, -0.1) is 0 Å². The fourth-order valence-electron chi connectivity index (χ4n) is 2.66. The molecule has 0 saturated heterocycles. The molecule has 2 amide bonds. The van der Waals surface area contributed by atoms with Gasteiger partial charge in [0.05, 0.1) is 6.54 Å². The molecule has 1 aliphatic carbocycles. The largest absolute Gasteiger partial charge is 0.480 e. The summed E-state index contributed by atoms with van der Waals surface area (Å²) in [5.41, 5.74) is -1.14. The quantitative estimate of drug-likeness (QED) is 0.795. The molecule has 1 aromatic rings. The number of carbonyl (C=O) groups is 2. The molecule has 1 saturated carbocycles. The van der Waals surface area contributed by atoms with Crippen LogP contribution in [-0.4, -0.2) is 22.6 Å². The van der Waals surface area contributed by atoms with Crippen LogP contribution in [0.1, 0.15) is 44.1 Å². The molecule has 6 nitrogen and oxygen atoms in total. The van der Waals surface area contributed by atoms with E-state index in [2.05, 4.69) is 17.6 Å². The van der Waals surface area contributed by atoms with Gasteiger partial charge < -0.3 is 20.2 Å². The molecule has 1 aromatic heterocycles. The molecular formula is C15H22N2O4. The highest BCUT2D eigenvalue weighted by Crippen LogP contribution is 2.32. The maximum absolute atomic E-state index is 12.0. The average molecular weight is 294 g/mol. The summed E-state index contributed by atoms with van der Waals surface area (Å²) in [7, 11) is 0. The Hall–Kier alpha value is -1.98. The zero-order chi connectivity index (χ0) is 15.5. The lowest BCUT2D eigenvalue weighted by Crippen LogP contribution is -2.58. The minimum Gasteiger partial charge on any atom is -0.480 e. The molecule has 0 radical (unpaired) electrons. The third kappa shape index (κ3) is 3.77. The van der Waals surface area contributed by atoms with Crippen LogP contribution in [0.5, 0.6) is 0 Å². The molecule has 0 spiro atoms. The number of aryl methyl sites for hydroxylation is 1. The number of urea groups is 1. The van der Waals surface area contributed by atoms with Crippen molar-refractivity contribution < 1.29 is 19.1 Å². The highest BCUT2D eigenvalue weighted by molar-refractivity contribution is 5.86. The third-order valence-corrected chi connectivity index (χ3v) is 4.11. The summed E-state index contributed by atoms with van der Waals surface area (Å²) in [5, 5.41) is 14.7. The number of hydrogen-bond acceptors (Lipinski definition) is 3. The van der Waals surface area contributed by atoms with Crippen LogP contribution in [0.2, 0.25) is 0 Å². The number of nitrogens with one attached hydrogen (secondary N) is 2. The molecule has 2 rings (SSSR count). The minimum absolute atomic E-state index is 0.242. The zero-order valence-corrected chi connectivity index (χ0v) is 12.4. The Morgan fingerprint density at radius 2 is 2.05 bits per heavy atom. The molecular weight excluding hydrogens is 272 g/mol. The summed E-state index contributed by atoms with van der Waals surface area (Å²) in [6, 6.07) is 3.13. The van der Waals surface area contributed by atoms with Gasteiger partial charge in [0.2, 0.25) is 0 Å². The van der Waals surface area contributed by atoms with E-state index in [1.165, 1.54) is 0 Å². The molecule has 0 atom stereocenters. The van der Waals surface area contributed by atoms with E-state index in [-0.39, 0.29) is 6.54 Å². The van der Waals surface area contributed by atoms with E-state index < -0.39 is 17.5 Å². The Morgan fingerprint density at radius 1 is 1.38 bits per heavy atom. The number of rotatable bonds is 4. The molecule has 0 bridgehead atoms. The molecule has 0 unspecified atom stereocenters. The summed E-state index contributed by atoms with van der Waals surface area (Å²) < 4.78 is 5.35.